The normalized spacial score (nSPS) is 31.2. The van der Waals surface area contributed by atoms with Crippen molar-refractivity contribution < 1.29 is 68.8 Å². The van der Waals surface area contributed by atoms with Crippen molar-refractivity contribution in [2.45, 2.75) is 118 Å². The number of ether oxygens (including phenoxy) is 4. The number of nitrogens with zero attached hydrogens (tertiary/aromatic N) is 1. The number of ketones is 2. The number of hydrogen-bond donors (Lipinski definition) is 10. The van der Waals surface area contributed by atoms with Gasteiger partial charge in [0.15, 0.2) is 28.7 Å². The minimum atomic E-state index is -2.49. The molecule has 342 valence electrons. The highest BCUT2D eigenvalue weighted by atomic mass is 16.7. The zero-order valence-corrected chi connectivity index (χ0v) is 34.9. The summed E-state index contributed by atoms with van der Waals surface area (Å²) in [6.45, 7) is -1.45. The van der Waals surface area contributed by atoms with Gasteiger partial charge in [-0.05, 0) is 54.7 Å². The summed E-state index contributed by atoms with van der Waals surface area (Å²) in [4.78, 5) is 56.2. The van der Waals surface area contributed by atoms with E-state index in [4.69, 9.17) is 24.7 Å². The number of aliphatic hydroxyl groups is 6. The van der Waals surface area contributed by atoms with Crippen LogP contribution in [0.2, 0.25) is 0 Å². The zero-order valence-electron chi connectivity index (χ0n) is 34.9. The van der Waals surface area contributed by atoms with E-state index in [1.165, 1.54) is 24.3 Å². The number of aliphatic hydroxyl groups excluding tert-OH is 5. The molecule has 4 fully saturated rings. The molecule has 10 atom stereocenters. The quantitative estimate of drug-likeness (QED) is 0.0865. The van der Waals surface area contributed by atoms with Crippen molar-refractivity contribution in [1.82, 2.24) is 16.0 Å². The molecule has 9 rings (SSSR count). The summed E-state index contributed by atoms with van der Waals surface area (Å²) < 4.78 is 26.6. The maximum absolute atomic E-state index is 14.8. The van der Waals surface area contributed by atoms with Crippen LogP contribution in [0.3, 0.4) is 0 Å². The lowest BCUT2D eigenvalue weighted by molar-refractivity contribution is -0.346. The average molecular weight is 888 g/mol. The number of aldehydes is 1. The highest BCUT2D eigenvalue weighted by Crippen LogP contribution is 2.52. The van der Waals surface area contributed by atoms with Gasteiger partial charge in [0.05, 0.1) is 30.5 Å². The van der Waals surface area contributed by atoms with Crippen molar-refractivity contribution in [3.8, 4) is 11.5 Å². The number of carbonyl (C=O) groups excluding carboxylic acids is 4. The van der Waals surface area contributed by atoms with Crippen LogP contribution in [0.4, 0.5) is 5.69 Å². The van der Waals surface area contributed by atoms with E-state index >= 15 is 0 Å². The van der Waals surface area contributed by atoms with E-state index in [1.807, 2.05) is 29.2 Å². The van der Waals surface area contributed by atoms with Crippen molar-refractivity contribution in [3.05, 3.63) is 87.5 Å². The molecule has 11 N–H and O–H groups in total. The number of carbonyl (C=O) groups is 4. The Morgan fingerprint density at radius 2 is 1.78 bits per heavy atom. The number of para-hydroxylation sites is 1. The summed E-state index contributed by atoms with van der Waals surface area (Å²) in [7, 11) is 0. The number of nitrogens with one attached hydrogen (secondary N) is 3. The zero-order chi connectivity index (χ0) is 45.1. The Bertz CT molecular complexity index is 2320. The second-order valence-electron chi connectivity index (χ2n) is 17.4. The first kappa shape index (κ1) is 44.3. The fourth-order valence-corrected chi connectivity index (χ4v) is 10.4. The molecule has 4 aliphatic heterocycles. The maximum Gasteiger partial charge on any atom is 0.242 e. The summed E-state index contributed by atoms with van der Waals surface area (Å²) in [6, 6.07) is 12.6. The second kappa shape index (κ2) is 17.5. The first-order valence-electron chi connectivity index (χ1n) is 21.7. The standard InChI is InChI=1S/C45H53N5O14/c46-43-48-40-32(41(59)49-43)47-21-50(40)30-6-2-1-5-25(30)24-10-16-62-44(11-3-4-12-44)39-35(57)38(58)45(60,13-15-52)42(64-39)63-36-28(24)18-29-31(37(36)61-20-23(54)9-14-51)34(56)27-17-22(19-53)7-8-26(27)33(29)55/h1-2,5-8,14,17-18,23-24,32,35,38-40,42-43,47-48,52-54,57-58,60H,3-4,9-13,15-16,19-21,46H2,(H,49,59)/t23-,24+,32-,35-,38-,39-,40-,42+,43-,45+/m1/s1. The number of hydrogen-bond acceptors (Lipinski definition) is 18. The minimum Gasteiger partial charge on any atom is -0.486 e. The lowest BCUT2D eigenvalue weighted by atomic mass is 9.78. The molecule has 6 aliphatic rings. The van der Waals surface area contributed by atoms with Crippen molar-refractivity contribution in [1.29, 1.82) is 0 Å². The molecule has 4 heterocycles. The van der Waals surface area contributed by atoms with Gasteiger partial charge in [0.2, 0.25) is 12.2 Å². The van der Waals surface area contributed by atoms with Crippen molar-refractivity contribution in [2.75, 3.05) is 31.4 Å². The lowest BCUT2D eigenvalue weighted by Gasteiger charge is -2.52. The predicted molar refractivity (Wildman–Crippen MR) is 223 cm³/mol. The molecule has 1 spiro atoms. The fourth-order valence-electron chi connectivity index (χ4n) is 10.4. The molecule has 2 bridgehead atoms. The molecule has 3 saturated heterocycles. The molecule has 1 amide bonds. The summed E-state index contributed by atoms with van der Waals surface area (Å²) in [5.41, 5.74) is 4.06. The van der Waals surface area contributed by atoms with Crippen molar-refractivity contribution >= 4 is 29.4 Å². The SMILES string of the molecule is N[C@H]1NC(=O)[C@@H]2NCN(c3ccccc3[C@@H]3CCOC4(CCCC4)[C@@H]4O[C@H](Oc5c3cc3c(c5OC[C@H](O)CC=O)C(=O)c5cc(CO)ccc5C3=O)[C@](O)(CCO)[C@H](O)[C@H]4O)[C@H]2N1. The van der Waals surface area contributed by atoms with Gasteiger partial charge in [-0.3, -0.25) is 30.8 Å². The van der Waals surface area contributed by atoms with Crippen molar-refractivity contribution in [2.24, 2.45) is 5.73 Å². The third-order valence-electron chi connectivity index (χ3n) is 13.7. The molecule has 3 aromatic rings. The number of rotatable bonds is 10. The second-order valence-corrected chi connectivity index (χ2v) is 17.4. The number of fused-ring (bicyclic) bond motifs is 7. The van der Waals surface area contributed by atoms with Gasteiger partial charge in [-0.2, -0.15) is 0 Å². The lowest BCUT2D eigenvalue weighted by Crippen LogP contribution is -2.71. The molecule has 19 nitrogen and oxygen atoms in total. The average Bonchev–Trinajstić information content (AvgIpc) is 3.94. The van der Waals surface area contributed by atoms with Crippen LogP contribution in [-0.4, -0.2) is 141 Å². The predicted octanol–water partition coefficient (Wildman–Crippen LogP) is -0.889. The van der Waals surface area contributed by atoms with E-state index in [2.05, 4.69) is 16.0 Å². The topological polar surface area (TPSA) is 292 Å². The van der Waals surface area contributed by atoms with E-state index < -0.39 is 104 Å². The highest BCUT2D eigenvalue weighted by Gasteiger charge is 2.62. The Morgan fingerprint density at radius 1 is 1.00 bits per heavy atom. The molecule has 0 radical (unpaired) electrons. The van der Waals surface area contributed by atoms with E-state index in [-0.39, 0.29) is 71.3 Å². The number of anilines is 1. The minimum absolute atomic E-state index is 0.0213. The van der Waals surface area contributed by atoms with Crippen LogP contribution >= 0.6 is 0 Å². The molecule has 0 aromatic heterocycles. The largest absolute Gasteiger partial charge is 0.486 e. The van der Waals surface area contributed by atoms with Gasteiger partial charge >= 0.3 is 0 Å². The van der Waals surface area contributed by atoms with Crippen LogP contribution in [0.25, 0.3) is 0 Å². The Labute approximate surface area is 367 Å². The van der Waals surface area contributed by atoms with Gasteiger partial charge in [-0.15, -0.1) is 0 Å². The molecular formula is C45H53N5O14. The molecular weight excluding hydrogens is 835 g/mol. The summed E-state index contributed by atoms with van der Waals surface area (Å²) in [5, 5.41) is 76.3. The van der Waals surface area contributed by atoms with Crippen LogP contribution in [0, 0.1) is 0 Å². The first-order chi connectivity index (χ1) is 30.8. The number of benzene rings is 3. The number of nitrogens with two attached hydrogens (primary N) is 1. The molecule has 0 unspecified atom stereocenters. The third-order valence-corrected chi connectivity index (χ3v) is 13.7. The maximum atomic E-state index is 14.8. The Balaban J connectivity index is 1.31. The molecule has 64 heavy (non-hydrogen) atoms. The summed E-state index contributed by atoms with van der Waals surface area (Å²) in [5.74, 6) is -2.96. The van der Waals surface area contributed by atoms with Crippen LogP contribution < -0.4 is 36.1 Å². The van der Waals surface area contributed by atoms with E-state index in [9.17, 15) is 49.8 Å². The van der Waals surface area contributed by atoms with Gasteiger partial charge in [-0.25, -0.2) is 0 Å². The van der Waals surface area contributed by atoms with Crippen LogP contribution in [0.1, 0.15) is 99.4 Å². The third kappa shape index (κ3) is 7.37. The molecule has 19 heteroatoms. The van der Waals surface area contributed by atoms with E-state index in [0.29, 0.717) is 48.8 Å². The van der Waals surface area contributed by atoms with Crippen LogP contribution in [0.5, 0.6) is 11.5 Å². The van der Waals surface area contributed by atoms with Gasteiger partial charge in [0, 0.05) is 59.9 Å². The number of amides is 1. The molecule has 3 aromatic carbocycles. The van der Waals surface area contributed by atoms with Gasteiger partial charge in [0.1, 0.15) is 49.7 Å². The Kier molecular flexibility index (Phi) is 12.1. The van der Waals surface area contributed by atoms with Gasteiger partial charge in [-0.1, -0.05) is 37.1 Å². The monoisotopic (exact) mass is 887 g/mol. The molecule has 2 aliphatic carbocycles. The van der Waals surface area contributed by atoms with Gasteiger partial charge < -0.3 is 64.6 Å². The smallest absolute Gasteiger partial charge is 0.242 e. The molecule has 1 saturated carbocycles. The van der Waals surface area contributed by atoms with Crippen molar-refractivity contribution in [3.63, 3.8) is 0 Å². The van der Waals surface area contributed by atoms with Gasteiger partial charge in [0.25, 0.3) is 0 Å². The van der Waals surface area contributed by atoms with E-state index in [0.717, 1.165) is 0 Å². The van der Waals surface area contributed by atoms with E-state index in [1.54, 1.807) is 0 Å². The fraction of sp³-hybridized carbons (Fsp3) is 0.511. The summed E-state index contributed by atoms with van der Waals surface area (Å²) in [6.07, 6.45) is -7.63. The Morgan fingerprint density at radius 3 is 2.53 bits per heavy atom. The highest BCUT2D eigenvalue weighted by molar-refractivity contribution is 6.29. The summed E-state index contributed by atoms with van der Waals surface area (Å²) >= 11 is 0. The van der Waals surface area contributed by atoms with Crippen LogP contribution in [-0.2, 0) is 25.7 Å². The Hall–Kier alpha value is -4.90. The van der Waals surface area contributed by atoms with Crippen LogP contribution in [0.15, 0.2) is 48.5 Å². The first-order valence-corrected chi connectivity index (χ1v) is 21.7.